The normalized spacial score (nSPS) is 11.8. The van der Waals surface area contributed by atoms with E-state index in [1.54, 1.807) is 0 Å². The first-order valence-electron chi connectivity index (χ1n) is 7.61. The van der Waals surface area contributed by atoms with Gasteiger partial charge in [-0.1, -0.05) is 30.0 Å². The lowest BCUT2D eigenvalue weighted by molar-refractivity contribution is -0.137. The van der Waals surface area contributed by atoms with Crippen LogP contribution in [-0.4, -0.2) is 15.2 Å². The number of nitrogens with zero attached hydrogens (tertiary/aromatic N) is 3. The van der Waals surface area contributed by atoms with Crippen molar-refractivity contribution in [1.82, 2.24) is 15.2 Å². The van der Waals surface area contributed by atoms with E-state index < -0.39 is 11.7 Å². The summed E-state index contributed by atoms with van der Waals surface area (Å²) in [5.41, 5.74) is 0.786. The number of rotatable bonds is 5. The van der Waals surface area contributed by atoms with Crippen LogP contribution < -0.4 is 0 Å². The van der Waals surface area contributed by atoms with E-state index in [1.807, 2.05) is 22.9 Å². The van der Waals surface area contributed by atoms with E-state index in [-0.39, 0.29) is 0 Å². The molecule has 3 heterocycles. The molecule has 138 valence electrons. The molecule has 4 rings (SSSR count). The van der Waals surface area contributed by atoms with Crippen LogP contribution in [-0.2, 0) is 11.9 Å². The summed E-state index contributed by atoms with van der Waals surface area (Å²) in [5.74, 6) is 1.01. The average molecular weight is 425 g/mol. The van der Waals surface area contributed by atoms with Gasteiger partial charge in [0.15, 0.2) is 0 Å². The maximum absolute atomic E-state index is 12.6. The van der Waals surface area contributed by atoms with Crippen molar-refractivity contribution in [2.24, 2.45) is 0 Å². The van der Waals surface area contributed by atoms with Crippen LogP contribution in [0.5, 0.6) is 0 Å². The summed E-state index contributed by atoms with van der Waals surface area (Å²) >= 11 is 4.27. The van der Waals surface area contributed by atoms with E-state index >= 15 is 0 Å². The summed E-state index contributed by atoms with van der Waals surface area (Å²) in [7, 11) is 0. The van der Waals surface area contributed by atoms with Crippen LogP contribution >= 0.6 is 34.4 Å². The second-order valence-electron chi connectivity index (χ2n) is 5.36. The smallest absolute Gasteiger partial charge is 0.410 e. The largest absolute Gasteiger partial charge is 0.416 e. The van der Waals surface area contributed by atoms with Crippen molar-refractivity contribution in [3.63, 3.8) is 0 Å². The Morgan fingerprint density at radius 2 is 1.85 bits per heavy atom. The highest BCUT2D eigenvalue weighted by Crippen LogP contribution is 2.33. The Hall–Kier alpha value is -2.17. The first-order valence-corrected chi connectivity index (χ1v) is 10.4. The molecule has 0 bridgehead atoms. The number of thiophene rings is 1. The molecule has 0 amide bonds. The Morgan fingerprint density at radius 1 is 1.04 bits per heavy atom. The minimum atomic E-state index is -4.34. The lowest BCUT2D eigenvalue weighted by Crippen LogP contribution is -2.03. The van der Waals surface area contributed by atoms with Gasteiger partial charge in [-0.05, 0) is 23.6 Å². The second kappa shape index (κ2) is 7.45. The van der Waals surface area contributed by atoms with Gasteiger partial charge in [0.05, 0.1) is 16.1 Å². The fourth-order valence-electron chi connectivity index (χ4n) is 2.21. The third-order valence-electron chi connectivity index (χ3n) is 3.49. The van der Waals surface area contributed by atoms with Gasteiger partial charge in [-0.15, -0.1) is 32.9 Å². The molecule has 3 aromatic heterocycles. The third-order valence-corrected chi connectivity index (χ3v) is 6.14. The van der Waals surface area contributed by atoms with E-state index in [2.05, 4.69) is 15.2 Å². The number of halogens is 3. The summed E-state index contributed by atoms with van der Waals surface area (Å²) in [5, 5.41) is 12.9. The summed E-state index contributed by atoms with van der Waals surface area (Å²) in [6.07, 6.45) is -4.34. The van der Waals surface area contributed by atoms with Crippen LogP contribution in [0.15, 0.2) is 56.8 Å². The lowest BCUT2D eigenvalue weighted by Gasteiger charge is -2.06. The Kier molecular flexibility index (Phi) is 5.02. The van der Waals surface area contributed by atoms with Gasteiger partial charge < -0.3 is 4.42 Å². The van der Waals surface area contributed by atoms with Gasteiger partial charge in [0.1, 0.15) is 5.01 Å². The molecular weight excluding hydrogens is 415 g/mol. The number of aromatic nitrogens is 3. The molecule has 0 aliphatic carbocycles. The SMILES string of the molecule is FC(F)(F)c1ccc(-c2nc(CSc3nnc(-c4cccs4)o3)cs2)cc1. The van der Waals surface area contributed by atoms with Crippen molar-refractivity contribution >= 4 is 34.4 Å². The highest BCUT2D eigenvalue weighted by Gasteiger charge is 2.30. The molecule has 10 heteroatoms. The van der Waals surface area contributed by atoms with Crippen LogP contribution in [0.25, 0.3) is 21.3 Å². The topological polar surface area (TPSA) is 51.8 Å². The molecule has 4 nitrogen and oxygen atoms in total. The summed E-state index contributed by atoms with van der Waals surface area (Å²) in [6.45, 7) is 0. The molecule has 0 atom stereocenters. The Morgan fingerprint density at radius 3 is 2.56 bits per heavy atom. The maximum Gasteiger partial charge on any atom is 0.416 e. The molecule has 0 N–H and O–H groups in total. The fraction of sp³-hybridized carbons (Fsp3) is 0.118. The van der Waals surface area contributed by atoms with E-state index in [0.717, 1.165) is 22.7 Å². The minimum Gasteiger partial charge on any atom is -0.410 e. The van der Waals surface area contributed by atoms with E-state index in [9.17, 15) is 13.2 Å². The van der Waals surface area contributed by atoms with Crippen molar-refractivity contribution in [1.29, 1.82) is 0 Å². The van der Waals surface area contributed by atoms with Crippen LogP contribution in [0.4, 0.5) is 13.2 Å². The predicted molar refractivity (Wildman–Crippen MR) is 99.7 cm³/mol. The first-order chi connectivity index (χ1) is 13.0. The number of alkyl halides is 3. The summed E-state index contributed by atoms with van der Waals surface area (Å²) in [6, 6.07) is 8.82. The van der Waals surface area contributed by atoms with Crippen molar-refractivity contribution in [2.75, 3.05) is 0 Å². The molecular formula is C17H10F3N3OS3. The molecule has 0 fully saturated rings. The molecule has 0 radical (unpaired) electrons. The average Bonchev–Trinajstić information content (AvgIpc) is 3.39. The van der Waals surface area contributed by atoms with Gasteiger partial charge in [0, 0.05) is 16.7 Å². The van der Waals surface area contributed by atoms with Crippen LogP contribution in [0.3, 0.4) is 0 Å². The number of thioether (sulfide) groups is 1. The van der Waals surface area contributed by atoms with Crippen LogP contribution in [0.2, 0.25) is 0 Å². The van der Waals surface area contributed by atoms with Crippen LogP contribution in [0, 0.1) is 0 Å². The fourth-order valence-corrected chi connectivity index (χ4v) is 4.44. The summed E-state index contributed by atoms with van der Waals surface area (Å²) in [4.78, 5) is 5.38. The maximum atomic E-state index is 12.6. The molecule has 4 aromatic rings. The number of hydrogen-bond donors (Lipinski definition) is 0. The molecule has 27 heavy (non-hydrogen) atoms. The zero-order valence-electron chi connectivity index (χ0n) is 13.4. The Labute approximate surface area is 164 Å². The molecule has 0 aliphatic heterocycles. The zero-order chi connectivity index (χ0) is 18.9. The van der Waals surface area contributed by atoms with E-state index in [0.29, 0.717) is 27.4 Å². The van der Waals surface area contributed by atoms with Gasteiger partial charge >= 0.3 is 6.18 Å². The zero-order valence-corrected chi connectivity index (χ0v) is 15.9. The van der Waals surface area contributed by atoms with Crippen molar-refractivity contribution in [2.45, 2.75) is 17.2 Å². The third kappa shape index (κ3) is 4.23. The molecule has 0 spiro atoms. The molecule has 0 saturated heterocycles. The molecule has 0 unspecified atom stereocenters. The molecule has 0 saturated carbocycles. The van der Waals surface area contributed by atoms with Gasteiger partial charge in [-0.2, -0.15) is 13.2 Å². The number of benzene rings is 1. The minimum absolute atomic E-state index is 0.447. The molecule has 1 aromatic carbocycles. The second-order valence-corrected chi connectivity index (χ2v) is 8.09. The molecule has 0 aliphatic rings. The lowest BCUT2D eigenvalue weighted by atomic mass is 10.1. The van der Waals surface area contributed by atoms with Crippen LogP contribution in [0.1, 0.15) is 11.3 Å². The standard InChI is InChI=1S/C17H10F3N3OS3/c18-17(19,20)11-5-3-10(4-6-11)15-21-12(8-26-15)9-27-16-23-22-14(24-16)13-2-1-7-25-13/h1-8H,9H2. The number of hydrogen-bond acceptors (Lipinski definition) is 7. The van der Waals surface area contributed by atoms with E-state index in [4.69, 9.17) is 4.42 Å². The van der Waals surface area contributed by atoms with Gasteiger partial charge in [-0.3, -0.25) is 0 Å². The summed E-state index contributed by atoms with van der Waals surface area (Å²) < 4.78 is 43.5. The Balaban J connectivity index is 1.41. The van der Waals surface area contributed by atoms with Gasteiger partial charge in [-0.25, -0.2) is 4.98 Å². The van der Waals surface area contributed by atoms with Crippen molar-refractivity contribution in [3.8, 4) is 21.3 Å². The first kappa shape index (κ1) is 18.2. The van der Waals surface area contributed by atoms with Gasteiger partial charge in [0.25, 0.3) is 11.1 Å². The predicted octanol–water partition coefficient (Wildman–Crippen LogP) is 6.23. The number of thiazole rings is 1. The highest BCUT2D eigenvalue weighted by molar-refractivity contribution is 7.98. The van der Waals surface area contributed by atoms with Crippen molar-refractivity contribution in [3.05, 3.63) is 58.4 Å². The quantitative estimate of drug-likeness (QED) is 0.355. The van der Waals surface area contributed by atoms with Crippen molar-refractivity contribution < 1.29 is 17.6 Å². The highest BCUT2D eigenvalue weighted by atomic mass is 32.2. The van der Waals surface area contributed by atoms with E-state index in [1.165, 1.54) is 46.6 Å². The monoisotopic (exact) mass is 425 g/mol. The Bertz CT molecular complexity index is 1020. The van der Waals surface area contributed by atoms with Gasteiger partial charge in [0.2, 0.25) is 0 Å².